The van der Waals surface area contributed by atoms with Crippen molar-refractivity contribution in [2.45, 2.75) is 13.0 Å². The monoisotopic (exact) mass is 282 g/mol. The van der Waals surface area contributed by atoms with Gasteiger partial charge in [-0.1, -0.05) is 30.3 Å². The van der Waals surface area contributed by atoms with E-state index in [0.29, 0.717) is 4.77 Å². The van der Waals surface area contributed by atoms with Crippen molar-refractivity contribution in [1.82, 2.24) is 19.7 Å². The molecule has 0 bridgehead atoms. The summed E-state index contributed by atoms with van der Waals surface area (Å²) in [6, 6.07) is 14.2. The zero-order valence-electron chi connectivity index (χ0n) is 11.0. The molecule has 5 heteroatoms. The highest BCUT2D eigenvalue weighted by atomic mass is 32.1. The van der Waals surface area contributed by atoms with Crippen molar-refractivity contribution in [2.75, 3.05) is 0 Å². The number of hydrogen-bond acceptors (Lipinski definition) is 3. The summed E-state index contributed by atoms with van der Waals surface area (Å²) in [6.45, 7) is 2.12. The number of nitrogens with zero attached hydrogens (tertiary/aromatic N) is 3. The van der Waals surface area contributed by atoms with Crippen molar-refractivity contribution in [1.29, 1.82) is 0 Å². The van der Waals surface area contributed by atoms with Gasteiger partial charge in [-0.3, -0.25) is 14.6 Å². The first-order chi connectivity index (χ1) is 9.77. The summed E-state index contributed by atoms with van der Waals surface area (Å²) in [6.07, 6.45) is 3.51. The summed E-state index contributed by atoms with van der Waals surface area (Å²) in [7, 11) is 0. The Morgan fingerprint density at radius 3 is 2.50 bits per heavy atom. The maximum Gasteiger partial charge on any atom is 0.196 e. The summed E-state index contributed by atoms with van der Waals surface area (Å²) in [5, 5.41) is 7.23. The highest BCUT2D eigenvalue weighted by molar-refractivity contribution is 7.71. The number of aromatic nitrogens is 4. The zero-order valence-corrected chi connectivity index (χ0v) is 11.8. The van der Waals surface area contributed by atoms with E-state index in [9.17, 15) is 0 Å². The van der Waals surface area contributed by atoms with E-state index < -0.39 is 0 Å². The lowest BCUT2D eigenvalue weighted by molar-refractivity contribution is 0.635. The number of H-pyrrole nitrogens is 1. The molecule has 1 aromatic carbocycles. The minimum atomic E-state index is 0.116. The van der Waals surface area contributed by atoms with Crippen LogP contribution >= 0.6 is 12.2 Å². The van der Waals surface area contributed by atoms with Crippen LogP contribution in [0.25, 0.3) is 11.4 Å². The molecule has 0 aliphatic rings. The van der Waals surface area contributed by atoms with E-state index in [2.05, 4.69) is 34.2 Å². The van der Waals surface area contributed by atoms with Gasteiger partial charge in [0.1, 0.15) is 0 Å². The minimum absolute atomic E-state index is 0.116. The molecule has 2 heterocycles. The van der Waals surface area contributed by atoms with Crippen LogP contribution in [-0.4, -0.2) is 19.7 Å². The Hall–Kier alpha value is -2.27. The Morgan fingerprint density at radius 2 is 1.80 bits per heavy atom. The Kier molecular flexibility index (Phi) is 3.43. The molecule has 4 nitrogen and oxygen atoms in total. The Balaban J connectivity index is 2.11. The first-order valence-electron chi connectivity index (χ1n) is 6.39. The molecule has 1 atom stereocenters. The quantitative estimate of drug-likeness (QED) is 0.746. The average molecular weight is 282 g/mol. The predicted octanol–water partition coefficient (Wildman–Crippen LogP) is 3.61. The molecule has 2 aromatic heterocycles. The number of aromatic amines is 1. The molecule has 0 aliphatic heterocycles. The largest absolute Gasteiger partial charge is 0.293 e. The second-order valence-corrected chi connectivity index (χ2v) is 4.93. The lowest BCUT2D eigenvalue weighted by atomic mass is 10.1. The molecule has 0 saturated heterocycles. The van der Waals surface area contributed by atoms with Gasteiger partial charge < -0.3 is 0 Å². The van der Waals surface area contributed by atoms with E-state index in [1.54, 1.807) is 12.4 Å². The third kappa shape index (κ3) is 2.28. The van der Waals surface area contributed by atoms with E-state index in [-0.39, 0.29) is 6.04 Å². The van der Waals surface area contributed by atoms with Crippen LogP contribution in [0.15, 0.2) is 54.9 Å². The van der Waals surface area contributed by atoms with Crippen LogP contribution in [-0.2, 0) is 0 Å². The third-order valence-electron chi connectivity index (χ3n) is 3.31. The molecule has 0 amide bonds. The maximum absolute atomic E-state index is 5.38. The Morgan fingerprint density at radius 1 is 1.10 bits per heavy atom. The van der Waals surface area contributed by atoms with Gasteiger partial charge >= 0.3 is 0 Å². The van der Waals surface area contributed by atoms with Crippen molar-refractivity contribution in [3.8, 4) is 11.4 Å². The van der Waals surface area contributed by atoms with E-state index >= 15 is 0 Å². The fourth-order valence-electron chi connectivity index (χ4n) is 2.25. The van der Waals surface area contributed by atoms with Gasteiger partial charge in [-0.05, 0) is 36.8 Å². The summed E-state index contributed by atoms with van der Waals surface area (Å²) in [4.78, 5) is 4.04. The number of nitrogens with one attached hydrogen (secondary N) is 1. The summed E-state index contributed by atoms with van der Waals surface area (Å²) in [5.41, 5.74) is 2.19. The van der Waals surface area contributed by atoms with Gasteiger partial charge in [-0.15, -0.1) is 0 Å². The highest BCUT2D eigenvalue weighted by Crippen LogP contribution is 2.24. The second kappa shape index (κ2) is 5.38. The van der Waals surface area contributed by atoms with Crippen LogP contribution in [0.1, 0.15) is 18.5 Å². The number of hydrogen-bond donors (Lipinski definition) is 1. The van der Waals surface area contributed by atoms with Gasteiger partial charge in [0.25, 0.3) is 0 Å². The molecule has 20 heavy (non-hydrogen) atoms. The van der Waals surface area contributed by atoms with Crippen molar-refractivity contribution in [3.05, 3.63) is 65.2 Å². The molecule has 100 valence electrons. The fourth-order valence-corrected chi connectivity index (χ4v) is 2.54. The van der Waals surface area contributed by atoms with E-state index in [1.165, 1.54) is 5.56 Å². The zero-order chi connectivity index (χ0) is 13.9. The summed E-state index contributed by atoms with van der Waals surface area (Å²) >= 11 is 5.38. The van der Waals surface area contributed by atoms with Gasteiger partial charge in [0.05, 0.1) is 6.04 Å². The fraction of sp³-hybridized carbons (Fsp3) is 0.133. The van der Waals surface area contributed by atoms with E-state index in [1.807, 2.05) is 34.9 Å². The smallest absolute Gasteiger partial charge is 0.196 e. The molecule has 0 radical (unpaired) electrons. The third-order valence-corrected chi connectivity index (χ3v) is 3.60. The van der Waals surface area contributed by atoms with Gasteiger partial charge in [0, 0.05) is 18.0 Å². The van der Waals surface area contributed by atoms with Crippen molar-refractivity contribution >= 4 is 12.2 Å². The van der Waals surface area contributed by atoms with Gasteiger partial charge in [0.2, 0.25) is 0 Å². The van der Waals surface area contributed by atoms with E-state index in [4.69, 9.17) is 12.2 Å². The first-order valence-corrected chi connectivity index (χ1v) is 6.80. The molecular weight excluding hydrogens is 268 g/mol. The van der Waals surface area contributed by atoms with Gasteiger partial charge in [-0.2, -0.15) is 5.10 Å². The number of benzene rings is 1. The average Bonchev–Trinajstić information content (AvgIpc) is 2.90. The van der Waals surface area contributed by atoms with Crippen LogP contribution in [0.3, 0.4) is 0 Å². The van der Waals surface area contributed by atoms with Crippen LogP contribution in [0.4, 0.5) is 0 Å². The molecule has 0 aliphatic carbocycles. The van der Waals surface area contributed by atoms with Crippen molar-refractivity contribution in [2.24, 2.45) is 0 Å². The van der Waals surface area contributed by atoms with E-state index in [0.717, 1.165) is 11.4 Å². The minimum Gasteiger partial charge on any atom is -0.293 e. The molecule has 3 rings (SSSR count). The summed E-state index contributed by atoms with van der Waals surface area (Å²) in [5.74, 6) is 0.828. The lowest BCUT2D eigenvalue weighted by Crippen LogP contribution is -2.08. The predicted molar refractivity (Wildman–Crippen MR) is 80.9 cm³/mol. The van der Waals surface area contributed by atoms with Crippen LogP contribution < -0.4 is 0 Å². The van der Waals surface area contributed by atoms with Crippen molar-refractivity contribution in [3.63, 3.8) is 0 Å². The van der Waals surface area contributed by atoms with Crippen LogP contribution in [0.2, 0.25) is 0 Å². The first kappa shape index (κ1) is 12.7. The maximum atomic E-state index is 5.38. The molecule has 0 saturated carbocycles. The molecular formula is C15H14N4S. The topological polar surface area (TPSA) is 46.5 Å². The molecule has 0 spiro atoms. The highest BCUT2D eigenvalue weighted by Gasteiger charge is 2.15. The Labute approximate surface area is 122 Å². The van der Waals surface area contributed by atoms with Gasteiger partial charge in [0.15, 0.2) is 10.6 Å². The van der Waals surface area contributed by atoms with Gasteiger partial charge in [-0.25, -0.2) is 0 Å². The lowest BCUT2D eigenvalue weighted by Gasteiger charge is -2.16. The molecule has 3 aromatic rings. The Bertz CT molecular complexity index is 746. The number of pyridine rings is 1. The summed E-state index contributed by atoms with van der Waals surface area (Å²) < 4.78 is 2.65. The second-order valence-electron chi connectivity index (χ2n) is 4.54. The number of rotatable bonds is 3. The SMILES string of the molecule is C[C@H](c1ccccc1)n1c(-c2ccncc2)n[nH]c1=S. The van der Waals surface area contributed by atoms with Crippen molar-refractivity contribution < 1.29 is 0 Å². The van der Waals surface area contributed by atoms with Crippen LogP contribution in [0, 0.1) is 4.77 Å². The standard InChI is InChI=1S/C15H14N4S/c1-11(12-5-3-2-4-6-12)19-14(17-18-15(19)20)13-7-9-16-10-8-13/h2-11H,1H3,(H,18,20)/t11-/m1/s1. The molecule has 0 unspecified atom stereocenters. The van der Waals surface area contributed by atoms with Crippen LogP contribution in [0.5, 0.6) is 0 Å². The molecule has 0 fully saturated rings. The molecule has 1 N–H and O–H groups in total. The normalized spacial score (nSPS) is 12.2.